The van der Waals surface area contributed by atoms with Crippen molar-refractivity contribution in [1.82, 2.24) is 0 Å². The number of carbonyl (C=O) groups excluding carboxylic acids is 1. The van der Waals surface area contributed by atoms with Crippen LogP contribution in [-0.2, 0) is 6.42 Å². The topological polar surface area (TPSA) is 98.9 Å². The first-order valence-corrected chi connectivity index (χ1v) is 8.80. The highest BCUT2D eigenvalue weighted by molar-refractivity contribution is 5.97. The molecule has 2 rings (SSSR count). The molecular formula is C20H23NO6. The van der Waals surface area contributed by atoms with E-state index >= 15 is 0 Å². The number of nitro groups is 1. The van der Waals surface area contributed by atoms with Crippen molar-refractivity contribution in [3.8, 4) is 17.2 Å². The van der Waals surface area contributed by atoms with E-state index in [-0.39, 0.29) is 35.1 Å². The number of Topliss-reactive ketones (excluding diaryl/α,β-unsaturated/α-hetero) is 1. The molecule has 0 radical (unpaired) electrons. The van der Waals surface area contributed by atoms with E-state index in [4.69, 9.17) is 9.47 Å². The summed E-state index contributed by atoms with van der Waals surface area (Å²) < 4.78 is 11.2. The molecule has 0 fully saturated rings. The summed E-state index contributed by atoms with van der Waals surface area (Å²) in [5.41, 5.74) is 0.823. The third-order valence-electron chi connectivity index (χ3n) is 3.98. The zero-order valence-electron chi connectivity index (χ0n) is 15.4. The van der Waals surface area contributed by atoms with Crippen LogP contribution in [-0.4, -0.2) is 29.0 Å². The lowest BCUT2D eigenvalue weighted by atomic mass is 10.0. The molecule has 0 aromatic heterocycles. The summed E-state index contributed by atoms with van der Waals surface area (Å²) in [5.74, 6) is 0.523. The number of rotatable bonds is 10. The molecule has 7 nitrogen and oxygen atoms in total. The number of ether oxygens (including phenoxy) is 2. The highest BCUT2D eigenvalue weighted by Crippen LogP contribution is 2.33. The Hall–Kier alpha value is -3.09. The van der Waals surface area contributed by atoms with Crippen LogP contribution in [0.25, 0.3) is 0 Å². The second-order valence-electron chi connectivity index (χ2n) is 6.02. The van der Waals surface area contributed by atoms with Gasteiger partial charge in [0.1, 0.15) is 11.5 Å². The van der Waals surface area contributed by atoms with Crippen LogP contribution < -0.4 is 9.47 Å². The molecular weight excluding hydrogens is 350 g/mol. The van der Waals surface area contributed by atoms with Crippen LogP contribution >= 0.6 is 0 Å². The van der Waals surface area contributed by atoms with Gasteiger partial charge >= 0.3 is 5.69 Å². The van der Waals surface area contributed by atoms with Crippen molar-refractivity contribution < 1.29 is 24.3 Å². The van der Waals surface area contributed by atoms with E-state index in [0.29, 0.717) is 30.8 Å². The Bertz CT molecular complexity index is 818. The maximum atomic E-state index is 11.6. The summed E-state index contributed by atoms with van der Waals surface area (Å²) >= 11 is 0. The highest BCUT2D eigenvalue weighted by atomic mass is 16.6. The SMILES string of the molecule is CCCc1c(OCCCOc2ccccc2[N+](=O)[O-])ccc(C(C)=O)c1O. The fourth-order valence-corrected chi connectivity index (χ4v) is 2.68. The Morgan fingerprint density at radius 2 is 1.78 bits per heavy atom. The first-order chi connectivity index (χ1) is 13.0. The molecule has 0 heterocycles. The molecule has 0 atom stereocenters. The minimum absolute atomic E-state index is 0.0296. The average Bonchev–Trinajstić information content (AvgIpc) is 2.64. The zero-order valence-corrected chi connectivity index (χ0v) is 15.4. The van der Waals surface area contributed by atoms with Gasteiger partial charge in [0.25, 0.3) is 0 Å². The number of benzene rings is 2. The summed E-state index contributed by atoms with van der Waals surface area (Å²) in [6.07, 6.45) is 1.90. The van der Waals surface area contributed by atoms with Crippen molar-refractivity contribution in [2.24, 2.45) is 0 Å². The van der Waals surface area contributed by atoms with Gasteiger partial charge in [-0.1, -0.05) is 25.5 Å². The summed E-state index contributed by atoms with van der Waals surface area (Å²) in [6.45, 7) is 3.96. The molecule has 0 aliphatic rings. The summed E-state index contributed by atoms with van der Waals surface area (Å²) in [6, 6.07) is 9.44. The number of ketones is 1. The quantitative estimate of drug-likeness (QED) is 0.288. The standard InChI is InChI=1S/C20H23NO6/c1-3-7-16-18(11-10-15(14(2)22)20(16)23)26-12-6-13-27-19-9-5-4-8-17(19)21(24)25/h4-5,8-11,23H,3,6-7,12-13H2,1-2H3. The molecule has 2 aromatic rings. The van der Waals surface area contributed by atoms with Crippen LogP contribution in [0.5, 0.6) is 17.2 Å². The number of para-hydroxylation sites is 2. The van der Waals surface area contributed by atoms with Gasteiger partial charge in [-0.15, -0.1) is 0 Å². The number of phenols is 1. The molecule has 0 saturated heterocycles. The second-order valence-corrected chi connectivity index (χ2v) is 6.02. The number of hydrogen-bond donors (Lipinski definition) is 1. The van der Waals surface area contributed by atoms with Gasteiger partial charge in [0.15, 0.2) is 11.5 Å². The normalized spacial score (nSPS) is 10.4. The van der Waals surface area contributed by atoms with Crippen LogP contribution in [0.15, 0.2) is 36.4 Å². The fraction of sp³-hybridized carbons (Fsp3) is 0.350. The number of phenolic OH excluding ortho intramolecular Hbond substituents is 1. The smallest absolute Gasteiger partial charge is 0.310 e. The maximum Gasteiger partial charge on any atom is 0.310 e. The van der Waals surface area contributed by atoms with Gasteiger partial charge in [-0.05, 0) is 31.5 Å². The molecule has 7 heteroatoms. The molecule has 144 valence electrons. The van der Waals surface area contributed by atoms with Crippen molar-refractivity contribution in [3.63, 3.8) is 0 Å². The molecule has 0 spiro atoms. The average molecular weight is 373 g/mol. The van der Waals surface area contributed by atoms with Gasteiger partial charge in [0.2, 0.25) is 0 Å². The Balaban J connectivity index is 1.95. The molecule has 0 unspecified atom stereocenters. The lowest BCUT2D eigenvalue weighted by molar-refractivity contribution is -0.385. The van der Waals surface area contributed by atoms with Crippen LogP contribution in [0.4, 0.5) is 5.69 Å². The Kier molecular flexibility index (Phi) is 7.16. The Morgan fingerprint density at radius 3 is 2.41 bits per heavy atom. The maximum absolute atomic E-state index is 11.6. The van der Waals surface area contributed by atoms with E-state index in [0.717, 1.165) is 6.42 Å². The lowest BCUT2D eigenvalue weighted by Crippen LogP contribution is -2.08. The minimum Gasteiger partial charge on any atom is -0.507 e. The minimum atomic E-state index is -0.484. The van der Waals surface area contributed by atoms with Gasteiger partial charge in [0, 0.05) is 18.1 Å². The Labute approximate surface area is 157 Å². The fourth-order valence-electron chi connectivity index (χ4n) is 2.68. The van der Waals surface area contributed by atoms with E-state index in [1.807, 2.05) is 6.92 Å². The van der Waals surface area contributed by atoms with Crippen molar-refractivity contribution >= 4 is 11.5 Å². The number of nitrogens with zero attached hydrogens (tertiary/aromatic N) is 1. The summed E-state index contributed by atoms with van der Waals surface area (Å²) in [4.78, 5) is 22.0. The van der Waals surface area contributed by atoms with Gasteiger partial charge < -0.3 is 14.6 Å². The predicted octanol–water partition coefficient (Wildman–Crippen LogP) is 4.30. The molecule has 0 aliphatic carbocycles. The molecule has 0 aliphatic heterocycles. The van der Waals surface area contributed by atoms with Crippen LogP contribution in [0, 0.1) is 10.1 Å². The molecule has 0 saturated carbocycles. The molecule has 0 bridgehead atoms. The monoisotopic (exact) mass is 373 g/mol. The van der Waals surface area contributed by atoms with Gasteiger partial charge in [-0.25, -0.2) is 0 Å². The van der Waals surface area contributed by atoms with E-state index < -0.39 is 4.92 Å². The van der Waals surface area contributed by atoms with Crippen molar-refractivity contribution in [3.05, 3.63) is 57.6 Å². The highest BCUT2D eigenvalue weighted by Gasteiger charge is 2.16. The van der Waals surface area contributed by atoms with Gasteiger partial charge in [-0.3, -0.25) is 14.9 Å². The van der Waals surface area contributed by atoms with E-state index in [1.165, 1.54) is 13.0 Å². The number of nitro benzene ring substituents is 1. The third kappa shape index (κ3) is 5.20. The number of aromatic hydroxyl groups is 1. The van der Waals surface area contributed by atoms with Crippen LogP contribution in [0.1, 0.15) is 42.6 Å². The van der Waals surface area contributed by atoms with E-state index in [1.54, 1.807) is 30.3 Å². The molecule has 1 N–H and O–H groups in total. The number of carbonyl (C=O) groups is 1. The molecule has 27 heavy (non-hydrogen) atoms. The first-order valence-electron chi connectivity index (χ1n) is 8.80. The van der Waals surface area contributed by atoms with Crippen LogP contribution in [0.3, 0.4) is 0 Å². The first kappa shape index (κ1) is 20.2. The number of hydrogen-bond acceptors (Lipinski definition) is 6. The van der Waals surface area contributed by atoms with Gasteiger partial charge in [-0.2, -0.15) is 0 Å². The lowest BCUT2D eigenvalue weighted by Gasteiger charge is -2.14. The van der Waals surface area contributed by atoms with E-state index in [2.05, 4.69) is 0 Å². The molecule has 0 amide bonds. The third-order valence-corrected chi connectivity index (χ3v) is 3.98. The second kappa shape index (κ2) is 9.56. The molecule has 2 aromatic carbocycles. The van der Waals surface area contributed by atoms with Gasteiger partial charge in [0.05, 0.1) is 23.7 Å². The predicted molar refractivity (Wildman–Crippen MR) is 101 cm³/mol. The summed E-state index contributed by atoms with van der Waals surface area (Å²) in [7, 11) is 0. The van der Waals surface area contributed by atoms with Crippen LogP contribution in [0.2, 0.25) is 0 Å². The summed E-state index contributed by atoms with van der Waals surface area (Å²) in [5, 5.41) is 21.3. The van der Waals surface area contributed by atoms with Crippen molar-refractivity contribution in [2.75, 3.05) is 13.2 Å². The zero-order chi connectivity index (χ0) is 19.8. The Morgan fingerprint density at radius 1 is 1.11 bits per heavy atom. The largest absolute Gasteiger partial charge is 0.507 e. The van der Waals surface area contributed by atoms with E-state index in [9.17, 15) is 20.0 Å². The van der Waals surface area contributed by atoms with Crippen molar-refractivity contribution in [2.45, 2.75) is 33.1 Å². The van der Waals surface area contributed by atoms with Crippen molar-refractivity contribution in [1.29, 1.82) is 0 Å².